The zero-order chi connectivity index (χ0) is 26.2. The van der Waals surface area contributed by atoms with Crippen LogP contribution in [0.2, 0.25) is 0 Å². The molecule has 5 rings (SSSR count). The van der Waals surface area contributed by atoms with E-state index in [4.69, 9.17) is 4.55 Å². The zero-order valence-corrected chi connectivity index (χ0v) is 21.7. The predicted molar refractivity (Wildman–Crippen MR) is 139 cm³/mol. The second-order valence-electron chi connectivity index (χ2n) is 8.78. The molecule has 4 N–H and O–H groups in total. The SMILES string of the molecule is O=S(=O)(O)CCCN1CCCc2c(O)cccc21.O=S1(=O)CCCO1.Oc1cccc2c1CCCN2. The first-order valence-corrected chi connectivity index (χ1v) is 15.2. The Morgan fingerprint density at radius 1 is 0.972 bits per heavy atom. The number of hydrogen-bond donors (Lipinski definition) is 4. The van der Waals surface area contributed by atoms with Gasteiger partial charge in [-0.15, -0.1) is 0 Å². The molecule has 2 aromatic rings. The lowest BCUT2D eigenvalue weighted by molar-refractivity contribution is 0.354. The number of benzene rings is 2. The highest BCUT2D eigenvalue weighted by Gasteiger charge is 2.19. The fourth-order valence-corrected chi connectivity index (χ4v) is 5.78. The first kappa shape index (κ1) is 28.0. The molecular weight excluding hydrogens is 508 g/mol. The van der Waals surface area contributed by atoms with Crippen molar-refractivity contribution < 1.29 is 35.8 Å². The van der Waals surface area contributed by atoms with Gasteiger partial charge in [0.05, 0.1) is 18.1 Å². The molecule has 2 aromatic carbocycles. The van der Waals surface area contributed by atoms with Gasteiger partial charge >= 0.3 is 0 Å². The number of hydrogen-bond acceptors (Lipinski definition) is 9. The quantitative estimate of drug-likeness (QED) is 0.335. The monoisotopic (exact) mass is 542 g/mol. The van der Waals surface area contributed by atoms with Crippen molar-refractivity contribution in [3.63, 3.8) is 0 Å². The molecule has 0 atom stereocenters. The lowest BCUT2D eigenvalue weighted by Crippen LogP contribution is -2.31. The summed E-state index contributed by atoms with van der Waals surface area (Å²) in [6.07, 6.45) is 4.93. The molecular formula is C24H34N2O8S2. The maximum Gasteiger partial charge on any atom is 0.267 e. The molecule has 0 spiro atoms. The molecule has 3 aliphatic rings. The Hall–Kier alpha value is -2.54. The van der Waals surface area contributed by atoms with Crippen molar-refractivity contribution >= 4 is 31.6 Å². The zero-order valence-electron chi connectivity index (χ0n) is 20.1. The van der Waals surface area contributed by atoms with Crippen LogP contribution in [0, 0.1) is 0 Å². The van der Waals surface area contributed by atoms with E-state index >= 15 is 0 Å². The van der Waals surface area contributed by atoms with Gasteiger partial charge in [-0.25, -0.2) is 0 Å². The third kappa shape index (κ3) is 8.54. The number of phenolic OH excluding ortho intramolecular Hbond substituents is 2. The van der Waals surface area contributed by atoms with E-state index in [2.05, 4.69) is 14.4 Å². The highest BCUT2D eigenvalue weighted by Crippen LogP contribution is 2.33. The molecule has 36 heavy (non-hydrogen) atoms. The number of aromatic hydroxyl groups is 2. The summed E-state index contributed by atoms with van der Waals surface area (Å²) in [7, 11) is -6.93. The maximum absolute atomic E-state index is 10.7. The Morgan fingerprint density at radius 3 is 2.28 bits per heavy atom. The van der Waals surface area contributed by atoms with Gasteiger partial charge < -0.3 is 20.4 Å². The maximum atomic E-state index is 10.7. The average molecular weight is 543 g/mol. The van der Waals surface area contributed by atoms with E-state index in [1.165, 1.54) is 0 Å². The van der Waals surface area contributed by atoms with Gasteiger partial charge in [0.1, 0.15) is 11.5 Å². The summed E-state index contributed by atoms with van der Waals surface area (Å²) in [4.78, 5) is 2.06. The van der Waals surface area contributed by atoms with Gasteiger partial charge in [-0.3, -0.25) is 8.74 Å². The number of fused-ring (bicyclic) bond motifs is 2. The van der Waals surface area contributed by atoms with E-state index in [0.29, 0.717) is 37.5 Å². The van der Waals surface area contributed by atoms with E-state index in [-0.39, 0.29) is 11.5 Å². The number of anilines is 2. The Bertz CT molecular complexity index is 1220. The van der Waals surface area contributed by atoms with Crippen molar-refractivity contribution in [1.29, 1.82) is 0 Å². The Labute approximate surface area is 212 Å². The van der Waals surface area contributed by atoms with E-state index < -0.39 is 20.2 Å². The fraction of sp³-hybridized carbons (Fsp3) is 0.500. The van der Waals surface area contributed by atoms with Crippen molar-refractivity contribution in [2.75, 3.05) is 48.0 Å². The lowest BCUT2D eigenvalue weighted by Gasteiger charge is -2.31. The molecule has 0 saturated carbocycles. The highest BCUT2D eigenvalue weighted by molar-refractivity contribution is 7.86. The minimum Gasteiger partial charge on any atom is -0.508 e. The Kier molecular flexibility index (Phi) is 9.83. The van der Waals surface area contributed by atoms with E-state index in [1.807, 2.05) is 18.2 Å². The number of nitrogens with one attached hydrogen (secondary N) is 1. The molecule has 10 nitrogen and oxygen atoms in total. The van der Waals surface area contributed by atoms with Crippen LogP contribution in [-0.2, 0) is 37.3 Å². The molecule has 0 amide bonds. The van der Waals surface area contributed by atoms with Gasteiger partial charge in [-0.05, 0) is 62.8 Å². The normalized spacial score (nSPS) is 17.9. The van der Waals surface area contributed by atoms with Gasteiger partial charge in [0.2, 0.25) is 0 Å². The molecule has 0 aliphatic carbocycles. The highest BCUT2D eigenvalue weighted by atomic mass is 32.2. The number of rotatable bonds is 4. The first-order chi connectivity index (χ1) is 17.1. The van der Waals surface area contributed by atoms with Crippen LogP contribution in [0.5, 0.6) is 11.5 Å². The van der Waals surface area contributed by atoms with Gasteiger partial charge in [0, 0.05) is 42.1 Å². The summed E-state index contributed by atoms with van der Waals surface area (Å²) in [5.41, 5.74) is 4.06. The summed E-state index contributed by atoms with van der Waals surface area (Å²) >= 11 is 0. The molecule has 1 fully saturated rings. The van der Waals surface area contributed by atoms with Crippen LogP contribution < -0.4 is 10.2 Å². The third-order valence-corrected chi connectivity index (χ3v) is 8.14. The summed E-state index contributed by atoms with van der Waals surface area (Å²) in [6.45, 7) is 2.82. The lowest BCUT2D eigenvalue weighted by atomic mass is 10.0. The molecule has 0 radical (unpaired) electrons. The molecule has 0 bridgehead atoms. The fourth-order valence-electron chi connectivity index (χ4n) is 4.32. The first-order valence-electron chi connectivity index (χ1n) is 12.0. The van der Waals surface area contributed by atoms with Crippen LogP contribution >= 0.6 is 0 Å². The second-order valence-corrected chi connectivity index (χ2v) is 12.1. The smallest absolute Gasteiger partial charge is 0.267 e. The van der Waals surface area contributed by atoms with Crippen molar-refractivity contribution in [3.05, 3.63) is 47.5 Å². The predicted octanol–water partition coefficient (Wildman–Crippen LogP) is 2.91. The van der Waals surface area contributed by atoms with Crippen molar-refractivity contribution in [3.8, 4) is 11.5 Å². The average Bonchev–Trinajstić information content (AvgIpc) is 3.24. The van der Waals surface area contributed by atoms with Crippen molar-refractivity contribution in [1.82, 2.24) is 0 Å². The molecule has 200 valence electrons. The Balaban J connectivity index is 0.000000169. The molecule has 1 saturated heterocycles. The summed E-state index contributed by atoms with van der Waals surface area (Å²) in [5, 5.41) is 22.4. The largest absolute Gasteiger partial charge is 0.508 e. The molecule has 0 aromatic heterocycles. The molecule has 0 unspecified atom stereocenters. The summed E-state index contributed by atoms with van der Waals surface area (Å²) in [6, 6.07) is 11.0. The van der Waals surface area contributed by atoms with Crippen LogP contribution in [0.1, 0.15) is 36.8 Å². The summed E-state index contributed by atoms with van der Waals surface area (Å²) < 4.78 is 54.8. The van der Waals surface area contributed by atoms with E-state index in [0.717, 1.165) is 61.3 Å². The molecule has 3 heterocycles. The van der Waals surface area contributed by atoms with E-state index in [1.54, 1.807) is 18.2 Å². The Morgan fingerprint density at radius 2 is 1.67 bits per heavy atom. The minimum absolute atomic E-state index is 0.201. The van der Waals surface area contributed by atoms with Crippen molar-refractivity contribution in [2.45, 2.75) is 38.5 Å². The summed E-state index contributed by atoms with van der Waals surface area (Å²) in [5.74, 6) is 0.701. The van der Waals surface area contributed by atoms with Gasteiger partial charge in [-0.1, -0.05) is 12.1 Å². The van der Waals surface area contributed by atoms with E-state index in [9.17, 15) is 27.0 Å². The number of phenols is 2. The van der Waals surface area contributed by atoms with Crippen LogP contribution in [0.4, 0.5) is 11.4 Å². The topological polar surface area (TPSA) is 153 Å². The van der Waals surface area contributed by atoms with Crippen LogP contribution in [-0.4, -0.2) is 69.3 Å². The second kappa shape index (κ2) is 12.6. The van der Waals surface area contributed by atoms with Gasteiger partial charge in [0.15, 0.2) is 0 Å². The molecule has 3 aliphatic heterocycles. The third-order valence-electron chi connectivity index (χ3n) is 6.02. The standard InChI is InChI=1S/C12H17NO4S.C9H11NO.C3H6O3S/c14-12-6-1-5-11-10(12)4-2-7-13(11)8-3-9-18(15,16)17;11-9-5-1-4-8-7(9)3-2-6-10-8;4-7(5)3-1-2-6-7/h1,5-6,14H,2-4,7-9H2,(H,15,16,17);1,4-5,10-11H,2-3,6H2;1-3H2. The van der Waals surface area contributed by atoms with Crippen LogP contribution in [0.15, 0.2) is 36.4 Å². The number of nitrogens with zero attached hydrogens (tertiary/aromatic N) is 1. The molecule has 12 heteroatoms. The minimum atomic E-state index is -3.89. The van der Waals surface area contributed by atoms with Crippen molar-refractivity contribution in [2.24, 2.45) is 0 Å². The van der Waals surface area contributed by atoms with Gasteiger partial charge in [-0.2, -0.15) is 16.8 Å². The van der Waals surface area contributed by atoms with Crippen LogP contribution in [0.3, 0.4) is 0 Å². The van der Waals surface area contributed by atoms with Crippen LogP contribution in [0.25, 0.3) is 0 Å². The van der Waals surface area contributed by atoms with Gasteiger partial charge in [0.25, 0.3) is 20.2 Å².